The molecule has 0 spiro atoms. The fraction of sp³-hybridized carbons (Fsp3) is 0.812. The van der Waals surface area contributed by atoms with Crippen LogP contribution in [0.4, 0.5) is 0 Å². The summed E-state index contributed by atoms with van der Waals surface area (Å²) in [7, 11) is 4.10. The van der Waals surface area contributed by atoms with E-state index in [4.69, 9.17) is 0 Å². The van der Waals surface area contributed by atoms with Crippen LogP contribution in [-0.4, -0.2) is 40.4 Å². The Balaban J connectivity index is 3.14. The van der Waals surface area contributed by atoms with Crippen molar-refractivity contribution in [2.75, 3.05) is 20.6 Å². The summed E-state index contributed by atoms with van der Waals surface area (Å²) in [5, 5.41) is 15.8. The zero-order chi connectivity index (χ0) is 16.2. The van der Waals surface area contributed by atoms with Crippen molar-refractivity contribution in [3.05, 3.63) is 16.4 Å². The van der Waals surface area contributed by atoms with Crippen molar-refractivity contribution in [2.45, 2.75) is 52.7 Å². The summed E-state index contributed by atoms with van der Waals surface area (Å²) in [5.74, 6) is 0.857. The number of aromatic nitrogens is 2. The third-order valence-electron chi connectivity index (χ3n) is 3.49. The topological polar surface area (TPSA) is 41.3 Å². The van der Waals surface area contributed by atoms with E-state index in [0.717, 1.165) is 36.1 Å². The van der Waals surface area contributed by atoms with Crippen LogP contribution in [0.15, 0.2) is 10.7 Å². The normalized spacial score (nSPS) is 12.9. The molecule has 0 saturated carbocycles. The summed E-state index contributed by atoms with van der Waals surface area (Å²) in [6.07, 6.45) is 3.30. The predicted molar refractivity (Wildman–Crippen MR) is 91.3 cm³/mol. The summed E-state index contributed by atoms with van der Waals surface area (Å²) in [6, 6.07) is 0. The number of aliphatic hydroxyl groups is 1. The summed E-state index contributed by atoms with van der Waals surface area (Å²) in [4.78, 5) is 2.13. The molecule has 1 rings (SSSR count). The molecule has 122 valence electrons. The lowest BCUT2D eigenvalue weighted by Gasteiger charge is -2.33. The third-order valence-corrected chi connectivity index (χ3v) is 4.07. The Kier molecular flexibility index (Phi) is 6.88. The maximum atomic E-state index is 11.3. The molecule has 1 aromatic heterocycles. The zero-order valence-electron chi connectivity index (χ0n) is 14.2. The van der Waals surface area contributed by atoms with Crippen LogP contribution in [0.3, 0.4) is 0 Å². The molecule has 1 N–H and O–H groups in total. The molecule has 0 fully saturated rings. The number of likely N-dealkylation sites (N-methyl/N-ethyl adjacent to an activating group) is 1. The molecule has 4 nitrogen and oxygen atoms in total. The van der Waals surface area contributed by atoms with Crippen molar-refractivity contribution in [1.29, 1.82) is 0 Å². The highest BCUT2D eigenvalue weighted by molar-refractivity contribution is 9.10. The first-order valence-electron chi connectivity index (χ1n) is 7.74. The van der Waals surface area contributed by atoms with Gasteiger partial charge < -0.3 is 10.0 Å². The van der Waals surface area contributed by atoms with Gasteiger partial charge in [-0.1, -0.05) is 27.7 Å². The molecular weight excluding hydrogens is 330 g/mol. The summed E-state index contributed by atoms with van der Waals surface area (Å²) < 4.78 is 2.86. The van der Waals surface area contributed by atoms with Gasteiger partial charge in [0.1, 0.15) is 5.60 Å². The molecule has 0 bridgehead atoms. The first kappa shape index (κ1) is 18.7. The molecule has 0 unspecified atom stereocenters. The van der Waals surface area contributed by atoms with E-state index in [1.807, 2.05) is 18.8 Å². The van der Waals surface area contributed by atoms with E-state index >= 15 is 0 Å². The Morgan fingerprint density at radius 3 is 2.19 bits per heavy atom. The van der Waals surface area contributed by atoms with Crippen LogP contribution in [-0.2, 0) is 12.1 Å². The molecule has 0 radical (unpaired) electrons. The van der Waals surface area contributed by atoms with Crippen LogP contribution < -0.4 is 0 Å². The van der Waals surface area contributed by atoms with E-state index in [1.165, 1.54) is 0 Å². The van der Waals surface area contributed by atoms with Crippen molar-refractivity contribution >= 4 is 15.9 Å². The molecule has 0 aliphatic heterocycles. The van der Waals surface area contributed by atoms with Gasteiger partial charge in [-0.25, -0.2) is 0 Å². The largest absolute Gasteiger partial charge is 0.384 e. The number of hydrogen-bond acceptors (Lipinski definition) is 3. The van der Waals surface area contributed by atoms with Gasteiger partial charge in [0.25, 0.3) is 0 Å². The van der Waals surface area contributed by atoms with Gasteiger partial charge in [0.05, 0.1) is 22.9 Å². The lowest BCUT2D eigenvalue weighted by atomic mass is 9.82. The molecule has 0 aromatic carbocycles. The molecule has 0 amide bonds. The van der Waals surface area contributed by atoms with Crippen LogP contribution in [0.5, 0.6) is 0 Å². The van der Waals surface area contributed by atoms with Gasteiger partial charge in [0, 0.05) is 6.54 Å². The van der Waals surface area contributed by atoms with E-state index < -0.39 is 5.60 Å². The maximum absolute atomic E-state index is 11.3. The van der Waals surface area contributed by atoms with Crippen LogP contribution in [0.2, 0.25) is 0 Å². The Morgan fingerprint density at radius 2 is 1.76 bits per heavy atom. The average molecular weight is 360 g/mol. The summed E-state index contributed by atoms with van der Waals surface area (Å²) >= 11 is 3.58. The average Bonchev–Trinajstić information content (AvgIpc) is 2.66. The minimum Gasteiger partial charge on any atom is -0.384 e. The lowest BCUT2D eigenvalue weighted by molar-refractivity contribution is -0.0134. The van der Waals surface area contributed by atoms with Crippen molar-refractivity contribution in [2.24, 2.45) is 11.8 Å². The highest BCUT2D eigenvalue weighted by atomic mass is 79.9. The number of halogens is 1. The minimum absolute atomic E-state index is 0.429. The predicted octanol–water partition coefficient (Wildman–Crippen LogP) is 3.49. The number of nitrogens with zero attached hydrogens (tertiary/aromatic N) is 3. The van der Waals surface area contributed by atoms with Crippen LogP contribution in [0, 0.1) is 11.8 Å². The van der Waals surface area contributed by atoms with Gasteiger partial charge in [0.15, 0.2) is 0 Å². The quantitative estimate of drug-likeness (QED) is 0.772. The molecule has 21 heavy (non-hydrogen) atoms. The molecule has 0 atom stereocenters. The second-order valence-electron chi connectivity index (χ2n) is 7.10. The van der Waals surface area contributed by atoms with Crippen molar-refractivity contribution in [1.82, 2.24) is 14.7 Å². The Hall–Kier alpha value is -0.390. The van der Waals surface area contributed by atoms with E-state index in [2.05, 4.69) is 53.6 Å². The summed E-state index contributed by atoms with van der Waals surface area (Å²) in [5.41, 5.74) is 0.0935. The molecule has 5 heteroatoms. The maximum Gasteiger partial charge on any atom is 0.108 e. The Bertz CT molecular complexity index is 431. The highest BCUT2D eigenvalue weighted by Gasteiger charge is 2.36. The first-order valence-corrected chi connectivity index (χ1v) is 8.54. The smallest absolute Gasteiger partial charge is 0.108 e. The number of rotatable bonds is 8. The van der Waals surface area contributed by atoms with Gasteiger partial charge in [-0.05, 0) is 54.7 Å². The molecule has 0 saturated heterocycles. The SMILES string of the molecule is CC(C)CC(O)(CC(C)C)c1c(Br)cnn1CCN(C)C. The van der Waals surface area contributed by atoms with E-state index in [0.29, 0.717) is 11.8 Å². The van der Waals surface area contributed by atoms with Crippen LogP contribution in [0.25, 0.3) is 0 Å². The van der Waals surface area contributed by atoms with E-state index in [-0.39, 0.29) is 0 Å². The van der Waals surface area contributed by atoms with E-state index in [9.17, 15) is 5.11 Å². The highest BCUT2D eigenvalue weighted by Crippen LogP contribution is 2.38. The van der Waals surface area contributed by atoms with E-state index in [1.54, 1.807) is 6.20 Å². The van der Waals surface area contributed by atoms with Crippen molar-refractivity contribution in [3.63, 3.8) is 0 Å². The van der Waals surface area contributed by atoms with Gasteiger partial charge in [-0.2, -0.15) is 5.10 Å². The number of hydrogen-bond donors (Lipinski definition) is 1. The van der Waals surface area contributed by atoms with Crippen molar-refractivity contribution < 1.29 is 5.11 Å². The molecule has 1 heterocycles. The molecule has 1 aromatic rings. The lowest BCUT2D eigenvalue weighted by Crippen LogP contribution is -2.34. The first-order chi connectivity index (χ1) is 9.65. The zero-order valence-corrected chi connectivity index (χ0v) is 15.8. The van der Waals surface area contributed by atoms with Crippen LogP contribution in [0.1, 0.15) is 46.2 Å². The van der Waals surface area contributed by atoms with Gasteiger partial charge in [0.2, 0.25) is 0 Å². The molecule has 0 aliphatic carbocycles. The van der Waals surface area contributed by atoms with Gasteiger partial charge >= 0.3 is 0 Å². The van der Waals surface area contributed by atoms with Crippen LogP contribution >= 0.6 is 15.9 Å². The Labute approximate surface area is 137 Å². The standard InChI is InChI=1S/C16H30BrN3O/c1-12(2)9-16(21,10-13(3)4)15-14(17)11-18-20(15)8-7-19(5)6/h11-13,21H,7-10H2,1-6H3. The van der Waals surface area contributed by atoms with Gasteiger partial charge in [-0.3, -0.25) is 4.68 Å². The monoisotopic (exact) mass is 359 g/mol. The van der Waals surface area contributed by atoms with Gasteiger partial charge in [-0.15, -0.1) is 0 Å². The second-order valence-corrected chi connectivity index (χ2v) is 7.95. The molecular formula is C16H30BrN3O. The molecule has 0 aliphatic rings. The fourth-order valence-corrected chi connectivity index (χ4v) is 3.58. The second kappa shape index (κ2) is 7.75. The fourth-order valence-electron chi connectivity index (χ4n) is 2.92. The Morgan fingerprint density at radius 1 is 1.24 bits per heavy atom. The minimum atomic E-state index is -0.829. The summed E-state index contributed by atoms with van der Waals surface area (Å²) in [6.45, 7) is 10.3. The third kappa shape index (κ3) is 5.38. The van der Waals surface area contributed by atoms with Crippen molar-refractivity contribution in [3.8, 4) is 0 Å².